The van der Waals surface area contributed by atoms with Crippen LogP contribution in [-0.2, 0) is 22.5 Å². The van der Waals surface area contributed by atoms with Gasteiger partial charge in [0.05, 0.1) is 38.0 Å². The number of fused-ring (bicyclic) bond motifs is 1. The van der Waals surface area contributed by atoms with Crippen molar-refractivity contribution in [3.8, 4) is 10.8 Å². The number of aliphatic hydroxyl groups is 2. The number of rotatable bonds is 9. The van der Waals surface area contributed by atoms with E-state index in [4.69, 9.17) is 4.74 Å². The highest BCUT2D eigenvalue weighted by Crippen LogP contribution is 2.35. The maximum atomic E-state index is 14.3. The number of carbonyl (C=O) groups excluding carboxylic acids is 1. The molecular weight excluding hydrogens is 543 g/mol. The number of nitrogens with zero attached hydrogens (tertiary/aromatic N) is 5. The number of aryl methyl sites for hydroxylation is 1. The van der Waals surface area contributed by atoms with Crippen molar-refractivity contribution in [3.05, 3.63) is 68.4 Å². The zero-order valence-corrected chi connectivity index (χ0v) is 23.7. The van der Waals surface area contributed by atoms with Gasteiger partial charge in [0.1, 0.15) is 32.5 Å². The normalized spacial score (nSPS) is 13.6. The van der Waals surface area contributed by atoms with Crippen molar-refractivity contribution in [1.29, 1.82) is 0 Å². The van der Waals surface area contributed by atoms with E-state index in [0.29, 0.717) is 10.6 Å². The average Bonchev–Trinajstić information content (AvgIpc) is 3.54. The largest absolute Gasteiger partial charge is 0.496 e. The molecule has 3 N–H and O–H groups in total. The quantitative estimate of drug-likeness (QED) is 0.271. The van der Waals surface area contributed by atoms with Crippen molar-refractivity contribution in [2.75, 3.05) is 13.7 Å². The molecule has 0 bridgehead atoms. The lowest BCUT2D eigenvalue weighted by atomic mass is 9.93. The van der Waals surface area contributed by atoms with E-state index in [1.807, 2.05) is 0 Å². The molecule has 1 atom stereocenters. The number of aromatic nitrogens is 5. The van der Waals surface area contributed by atoms with Gasteiger partial charge >= 0.3 is 5.69 Å². The average molecular weight is 575 g/mol. The topological polar surface area (TPSA) is 154 Å². The molecule has 1 amide bonds. The molecule has 0 aliphatic rings. The smallest absolute Gasteiger partial charge is 0.333 e. The lowest BCUT2D eigenvalue weighted by Gasteiger charge is -2.31. The summed E-state index contributed by atoms with van der Waals surface area (Å²) in [6.07, 6.45) is 2.91. The minimum atomic E-state index is -2.22. The Bertz CT molecular complexity index is 1690. The Hall–Kier alpha value is -3.88. The number of nitrogens with one attached hydrogen (secondary N) is 1. The number of aliphatic hydroxyl groups excluding tert-OH is 1. The molecule has 40 heavy (non-hydrogen) atoms. The molecule has 0 aliphatic heterocycles. The highest BCUT2D eigenvalue weighted by atomic mass is 32.1. The fourth-order valence-corrected chi connectivity index (χ4v) is 5.75. The third-order valence-electron chi connectivity index (χ3n) is 6.67. The summed E-state index contributed by atoms with van der Waals surface area (Å²) < 4.78 is 21.5. The Kier molecular flexibility index (Phi) is 7.71. The van der Waals surface area contributed by atoms with Crippen molar-refractivity contribution in [1.82, 2.24) is 29.4 Å². The summed E-state index contributed by atoms with van der Waals surface area (Å²) in [5.41, 5.74) is -5.17. The Morgan fingerprint density at radius 1 is 1.23 bits per heavy atom. The first-order valence-corrected chi connectivity index (χ1v) is 13.2. The van der Waals surface area contributed by atoms with Gasteiger partial charge in [0, 0.05) is 17.2 Å². The monoisotopic (exact) mass is 574 g/mol. The van der Waals surface area contributed by atoms with Crippen LogP contribution >= 0.6 is 11.3 Å². The fraction of sp³-hybridized carbons (Fsp3) is 0.423. The number of thiophene rings is 1. The third kappa shape index (κ3) is 4.82. The van der Waals surface area contributed by atoms with Gasteiger partial charge in [-0.25, -0.2) is 13.8 Å². The van der Waals surface area contributed by atoms with Crippen molar-refractivity contribution < 1.29 is 24.1 Å². The second kappa shape index (κ2) is 10.6. The van der Waals surface area contributed by atoms with Crippen LogP contribution in [0.4, 0.5) is 4.39 Å². The number of hydrogen-bond donors (Lipinski definition) is 3. The van der Waals surface area contributed by atoms with Gasteiger partial charge in [-0.15, -0.1) is 4.80 Å². The molecule has 0 saturated heterocycles. The molecule has 12 nitrogen and oxygen atoms in total. The van der Waals surface area contributed by atoms with Gasteiger partial charge in [-0.1, -0.05) is 11.3 Å². The molecule has 0 radical (unpaired) electrons. The number of hydrogen-bond acceptors (Lipinski definition) is 9. The standard InChI is InChI=1S/C26H31FN6O6S/c1-14(2)30-23(36)25(4,5)32-20(35)19-15(3)21(33-28-9-10-29-33)40-22(19)31(24(32)37)12-26(38,13-34)17-11-16(27)7-8-18(17)39-6/h7-11,14,34,38H,12-13H2,1-6H3,(H,30,36)/t26-/m1/s1. The molecule has 0 fully saturated rings. The molecule has 3 aromatic heterocycles. The van der Waals surface area contributed by atoms with E-state index in [9.17, 15) is 29.0 Å². The van der Waals surface area contributed by atoms with E-state index in [1.54, 1.807) is 20.8 Å². The molecule has 1 aromatic carbocycles. The second-order valence-corrected chi connectivity index (χ2v) is 11.2. The van der Waals surface area contributed by atoms with Crippen LogP contribution in [0, 0.1) is 12.7 Å². The van der Waals surface area contributed by atoms with Gasteiger partial charge in [0.2, 0.25) is 5.91 Å². The number of ether oxygens (including phenoxy) is 1. The first-order valence-electron chi connectivity index (χ1n) is 12.4. The van der Waals surface area contributed by atoms with Crippen LogP contribution in [0.25, 0.3) is 15.2 Å². The SMILES string of the molecule is COc1ccc(F)cc1[C@](O)(CO)Cn1c(=O)n(C(C)(C)C(=O)NC(C)C)c(=O)c2c(C)c(-n3nccn3)sc21. The molecular formula is C26H31FN6O6S. The third-order valence-corrected chi connectivity index (χ3v) is 7.95. The zero-order valence-electron chi connectivity index (χ0n) is 22.9. The summed E-state index contributed by atoms with van der Waals surface area (Å²) in [5.74, 6) is -1.19. The fourth-order valence-electron chi connectivity index (χ4n) is 4.54. The summed E-state index contributed by atoms with van der Waals surface area (Å²) >= 11 is 1.02. The zero-order chi connectivity index (χ0) is 29.6. The molecule has 0 aliphatic carbocycles. The van der Waals surface area contributed by atoms with E-state index in [0.717, 1.165) is 32.6 Å². The molecule has 214 valence electrons. The molecule has 0 saturated carbocycles. The number of benzene rings is 1. The van der Waals surface area contributed by atoms with Gasteiger partial charge in [-0.3, -0.25) is 14.2 Å². The van der Waals surface area contributed by atoms with E-state index in [1.165, 1.54) is 44.2 Å². The molecule has 4 aromatic rings. The Morgan fingerprint density at radius 2 is 1.88 bits per heavy atom. The van der Waals surface area contributed by atoms with Crippen LogP contribution in [0.2, 0.25) is 0 Å². The van der Waals surface area contributed by atoms with Crippen LogP contribution in [0.15, 0.2) is 40.2 Å². The summed E-state index contributed by atoms with van der Waals surface area (Å²) in [6, 6.07) is 3.16. The van der Waals surface area contributed by atoms with Gasteiger partial charge in [-0.05, 0) is 52.8 Å². The lowest BCUT2D eigenvalue weighted by molar-refractivity contribution is -0.129. The summed E-state index contributed by atoms with van der Waals surface area (Å²) in [5, 5.41) is 33.6. The van der Waals surface area contributed by atoms with Gasteiger partial charge in [0.25, 0.3) is 5.56 Å². The Morgan fingerprint density at radius 3 is 2.45 bits per heavy atom. The predicted octanol–water partition coefficient (Wildman–Crippen LogP) is 1.40. The first kappa shape index (κ1) is 29.1. The van der Waals surface area contributed by atoms with Gasteiger partial charge in [0.15, 0.2) is 0 Å². The Labute approximate surface area is 232 Å². The van der Waals surface area contributed by atoms with E-state index < -0.39 is 47.3 Å². The first-order chi connectivity index (χ1) is 18.8. The van der Waals surface area contributed by atoms with Crippen LogP contribution < -0.4 is 21.3 Å². The number of methoxy groups -OCH3 is 1. The lowest BCUT2D eigenvalue weighted by Crippen LogP contribution is -2.57. The maximum Gasteiger partial charge on any atom is 0.333 e. The summed E-state index contributed by atoms with van der Waals surface area (Å²) in [4.78, 5) is 42.7. The van der Waals surface area contributed by atoms with Crippen molar-refractivity contribution >= 4 is 27.5 Å². The summed E-state index contributed by atoms with van der Waals surface area (Å²) in [7, 11) is 1.32. The molecule has 0 unspecified atom stereocenters. The summed E-state index contributed by atoms with van der Waals surface area (Å²) in [6.45, 7) is 6.51. The van der Waals surface area contributed by atoms with Crippen LogP contribution in [0.5, 0.6) is 5.75 Å². The van der Waals surface area contributed by atoms with Crippen LogP contribution in [0.3, 0.4) is 0 Å². The van der Waals surface area contributed by atoms with Crippen LogP contribution in [0.1, 0.15) is 38.8 Å². The second-order valence-electron chi connectivity index (χ2n) is 10.3. The van der Waals surface area contributed by atoms with Gasteiger partial charge < -0.3 is 20.3 Å². The van der Waals surface area contributed by atoms with Crippen molar-refractivity contribution in [2.45, 2.75) is 58.3 Å². The minimum absolute atomic E-state index is 0.0796. The Balaban J connectivity index is 2.08. The van der Waals surface area contributed by atoms with Crippen LogP contribution in [-0.4, -0.2) is 60.0 Å². The minimum Gasteiger partial charge on any atom is -0.496 e. The highest BCUT2D eigenvalue weighted by molar-refractivity contribution is 7.21. The van der Waals surface area contributed by atoms with E-state index in [-0.39, 0.29) is 27.6 Å². The molecule has 0 spiro atoms. The maximum absolute atomic E-state index is 14.3. The molecule has 4 rings (SSSR count). The van der Waals surface area contributed by atoms with Crippen molar-refractivity contribution in [3.63, 3.8) is 0 Å². The van der Waals surface area contributed by atoms with Gasteiger partial charge in [-0.2, -0.15) is 10.2 Å². The number of carbonyl (C=O) groups is 1. The molecule has 3 heterocycles. The molecule has 14 heteroatoms. The van der Waals surface area contributed by atoms with E-state index >= 15 is 0 Å². The van der Waals surface area contributed by atoms with E-state index in [2.05, 4.69) is 15.5 Å². The predicted molar refractivity (Wildman–Crippen MR) is 147 cm³/mol. The number of amides is 1. The highest BCUT2D eigenvalue weighted by Gasteiger charge is 2.39. The van der Waals surface area contributed by atoms with Crippen molar-refractivity contribution in [2.24, 2.45) is 0 Å². The number of halogens is 1.